The summed E-state index contributed by atoms with van der Waals surface area (Å²) in [6.45, 7) is 1.31. The highest BCUT2D eigenvalue weighted by molar-refractivity contribution is 6.08. The van der Waals surface area contributed by atoms with Gasteiger partial charge in [0.05, 0.1) is 5.41 Å². The molecule has 0 aliphatic carbocycles. The molecule has 1 spiro atoms. The van der Waals surface area contributed by atoms with Gasteiger partial charge in [0, 0.05) is 31.6 Å². The number of hydrogen-bond acceptors (Lipinski definition) is 3. The van der Waals surface area contributed by atoms with E-state index in [1.54, 1.807) is 4.90 Å². The predicted molar refractivity (Wildman–Crippen MR) is 66.0 cm³/mol. The van der Waals surface area contributed by atoms with Crippen molar-refractivity contribution >= 4 is 17.3 Å². The van der Waals surface area contributed by atoms with Gasteiger partial charge in [0.25, 0.3) is 0 Å². The van der Waals surface area contributed by atoms with Crippen LogP contribution in [0.1, 0.15) is 18.4 Å². The van der Waals surface area contributed by atoms with Crippen LogP contribution in [0.2, 0.25) is 0 Å². The normalized spacial score (nSPS) is 21.9. The Morgan fingerprint density at radius 2 is 2.06 bits per heavy atom. The summed E-state index contributed by atoms with van der Waals surface area (Å²) < 4.78 is 5.38. The second-order valence-electron chi connectivity index (χ2n) is 4.84. The summed E-state index contributed by atoms with van der Waals surface area (Å²) in [7, 11) is 1.82. The molecule has 1 aromatic carbocycles. The van der Waals surface area contributed by atoms with Crippen LogP contribution < -0.4 is 10.6 Å². The van der Waals surface area contributed by atoms with Crippen LogP contribution in [0, 0.1) is 0 Å². The molecule has 3 rings (SSSR count). The van der Waals surface area contributed by atoms with Gasteiger partial charge in [-0.3, -0.25) is 4.79 Å². The summed E-state index contributed by atoms with van der Waals surface area (Å²) >= 11 is 0. The average Bonchev–Trinajstić information content (AvgIpc) is 2.54. The van der Waals surface area contributed by atoms with Gasteiger partial charge in [-0.25, -0.2) is 0 Å². The summed E-state index contributed by atoms with van der Waals surface area (Å²) in [5.74, 6) is 0.182. The number of carbonyl (C=O) groups is 1. The second kappa shape index (κ2) is 3.47. The lowest BCUT2D eigenvalue weighted by Gasteiger charge is -2.32. The molecule has 1 amide bonds. The minimum Gasteiger partial charge on any atom is -0.399 e. The van der Waals surface area contributed by atoms with Crippen molar-refractivity contribution in [2.45, 2.75) is 18.3 Å². The fraction of sp³-hybridized carbons (Fsp3) is 0.462. The van der Waals surface area contributed by atoms with Crippen LogP contribution in [-0.2, 0) is 14.9 Å². The lowest BCUT2D eigenvalue weighted by Crippen LogP contribution is -2.42. The van der Waals surface area contributed by atoms with Crippen LogP contribution in [0.15, 0.2) is 18.2 Å². The number of fused-ring (bicyclic) bond motifs is 2. The topological polar surface area (TPSA) is 55.6 Å². The van der Waals surface area contributed by atoms with Crippen molar-refractivity contribution in [3.05, 3.63) is 23.8 Å². The van der Waals surface area contributed by atoms with Gasteiger partial charge in [-0.15, -0.1) is 0 Å². The zero-order valence-electron chi connectivity index (χ0n) is 9.90. The number of hydrogen-bond donors (Lipinski definition) is 1. The van der Waals surface area contributed by atoms with Crippen LogP contribution in [0.25, 0.3) is 0 Å². The van der Waals surface area contributed by atoms with Crippen molar-refractivity contribution in [1.29, 1.82) is 0 Å². The van der Waals surface area contributed by atoms with E-state index in [9.17, 15) is 4.79 Å². The van der Waals surface area contributed by atoms with Gasteiger partial charge in [-0.1, -0.05) is 6.07 Å². The maximum Gasteiger partial charge on any atom is 0.237 e. The third-order valence-electron chi connectivity index (χ3n) is 3.96. The van der Waals surface area contributed by atoms with Crippen LogP contribution in [0.5, 0.6) is 0 Å². The first kappa shape index (κ1) is 10.6. The van der Waals surface area contributed by atoms with Gasteiger partial charge in [0.1, 0.15) is 0 Å². The fourth-order valence-electron chi connectivity index (χ4n) is 2.98. The van der Waals surface area contributed by atoms with Crippen molar-refractivity contribution in [3.63, 3.8) is 0 Å². The number of amides is 1. The second-order valence-corrected chi connectivity index (χ2v) is 4.84. The molecule has 0 aromatic heterocycles. The van der Waals surface area contributed by atoms with E-state index >= 15 is 0 Å². The first-order valence-corrected chi connectivity index (χ1v) is 5.91. The van der Waals surface area contributed by atoms with Gasteiger partial charge in [0.15, 0.2) is 0 Å². The van der Waals surface area contributed by atoms with Gasteiger partial charge in [-0.2, -0.15) is 0 Å². The van der Waals surface area contributed by atoms with Gasteiger partial charge in [0.2, 0.25) is 5.91 Å². The molecule has 0 radical (unpaired) electrons. The molecule has 4 nitrogen and oxygen atoms in total. The maximum atomic E-state index is 12.5. The van der Waals surface area contributed by atoms with E-state index < -0.39 is 0 Å². The quantitative estimate of drug-likeness (QED) is 0.686. The summed E-state index contributed by atoms with van der Waals surface area (Å²) in [5, 5.41) is 0. The molecule has 2 N–H and O–H groups in total. The molecular weight excluding hydrogens is 216 g/mol. The van der Waals surface area contributed by atoms with E-state index in [0.717, 1.165) is 24.1 Å². The first-order chi connectivity index (χ1) is 8.15. The molecule has 17 heavy (non-hydrogen) atoms. The smallest absolute Gasteiger partial charge is 0.237 e. The Balaban J connectivity index is 2.16. The molecule has 2 aliphatic heterocycles. The van der Waals surface area contributed by atoms with Gasteiger partial charge >= 0.3 is 0 Å². The van der Waals surface area contributed by atoms with Gasteiger partial charge < -0.3 is 15.4 Å². The van der Waals surface area contributed by atoms with Crippen molar-refractivity contribution in [3.8, 4) is 0 Å². The van der Waals surface area contributed by atoms with Crippen LogP contribution in [0.4, 0.5) is 11.4 Å². The summed E-state index contributed by atoms with van der Waals surface area (Å²) in [6, 6.07) is 5.76. The molecule has 0 unspecified atom stereocenters. The molecule has 2 heterocycles. The van der Waals surface area contributed by atoms with Crippen molar-refractivity contribution in [1.82, 2.24) is 0 Å². The van der Waals surface area contributed by atoms with E-state index in [1.165, 1.54) is 0 Å². The SMILES string of the molecule is CN1C(=O)C2(CCOCC2)c2ccc(N)cc21. The molecule has 4 heteroatoms. The predicted octanol–water partition coefficient (Wildman–Crippen LogP) is 1.29. The lowest BCUT2D eigenvalue weighted by molar-refractivity contribution is -0.126. The number of rotatable bonds is 0. The summed E-state index contributed by atoms with van der Waals surface area (Å²) in [4.78, 5) is 14.2. The fourth-order valence-corrected chi connectivity index (χ4v) is 2.98. The number of ether oxygens (including phenoxy) is 1. The first-order valence-electron chi connectivity index (χ1n) is 5.91. The molecular formula is C13H16N2O2. The number of likely N-dealkylation sites (N-methyl/N-ethyl adjacent to an activating group) is 1. The van der Waals surface area contributed by atoms with Crippen LogP contribution in [0.3, 0.4) is 0 Å². The minimum absolute atomic E-state index is 0.182. The Bertz CT molecular complexity index is 478. The molecule has 0 saturated carbocycles. The monoisotopic (exact) mass is 232 g/mol. The molecule has 1 aromatic rings. The Morgan fingerprint density at radius 3 is 2.76 bits per heavy atom. The molecule has 2 aliphatic rings. The number of carbonyl (C=O) groups excluding carboxylic acids is 1. The number of nitrogens with zero attached hydrogens (tertiary/aromatic N) is 1. The molecule has 1 saturated heterocycles. The average molecular weight is 232 g/mol. The van der Waals surface area contributed by atoms with Crippen molar-refractivity contribution in [2.75, 3.05) is 30.9 Å². The van der Waals surface area contributed by atoms with Crippen LogP contribution >= 0.6 is 0 Å². The Kier molecular flexibility index (Phi) is 2.16. The van der Waals surface area contributed by atoms with Crippen molar-refractivity contribution < 1.29 is 9.53 Å². The molecule has 0 bridgehead atoms. The number of benzene rings is 1. The Morgan fingerprint density at radius 1 is 1.35 bits per heavy atom. The third-order valence-corrected chi connectivity index (χ3v) is 3.96. The largest absolute Gasteiger partial charge is 0.399 e. The Hall–Kier alpha value is -1.55. The molecule has 90 valence electrons. The highest BCUT2D eigenvalue weighted by atomic mass is 16.5. The van der Waals surface area contributed by atoms with E-state index in [4.69, 9.17) is 10.5 Å². The van der Waals surface area contributed by atoms with E-state index in [0.29, 0.717) is 18.9 Å². The summed E-state index contributed by atoms with van der Waals surface area (Å²) in [6.07, 6.45) is 1.54. The van der Waals surface area contributed by atoms with E-state index in [1.807, 2.05) is 25.2 Å². The number of anilines is 2. The highest BCUT2D eigenvalue weighted by Gasteiger charge is 2.50. The van der Waals surface area contributed by atoms with Gasteiger partial charge in [-0.05, 0) is 30.5 Å². The highest BCUT2D eigenvalue weighted by Crippen LogP contribution is 2.47. The van der Waals surface area contributed by atoms with Crippen molar-refractivity contribution in [2.24, 2.45) is 0 Å². The maximum absolute atomic E-state index is 12.5. The lowest BCUT2D eigenvalue weighted by atomic mass is 9.75. The standard InChI is InChI=1S/C13H16N2O2/c1-15-11-8-9(14)2-3-10(11)13(12(15)16)4-6-17-7-5-13/h2-3,8H,4-7,14H2,1H3. The zero-order chi connectivity index (χ0) is 12.0. The number of nitrogens with two attached hydrogens (primary N) is 1. The summed E-state index contributed by atoms with van der Waals surface area (Å²) in [5.41, 5.74) is 8.20. The van der Waals surface area contributed by atoms with E-state index in [-0.39, 0.29) is 11.3 Å². The zero-order valence-corrected chi connectivity index (χ0v) is 9.90. The Labute approximate surface area is 100 Å². The minimum atomic E-state index is -0.365. The third kappa shape index (κ3) is 1.30. The van der Waals surface area contributed by atoms with Crippen LogP contribution in [-0.4, -0.2) is 26.2 Å². The molecule has 0 atom stereocenters. The molecule has 1 fully saturated rings. The number of nitrogen functional groups attached to an aromatic ring is 1. The van der Waals surface area contributed by atoms with E-state index in [2.05, 4.69) is 0 Å².